The third-order valence-corrected chi connectivity index (χ3v) is 4.27. The van der Waals surface area contributed by atoms with Crippen LogP contribution < -0.4 is 5.32 Å². The third kappa shape index (κ3) is 2.26. The predicted octanol–water partition coefficient (Wildman–Crippen LogP) is 2.77. The summed E-state index contributed by atoms with van der Waals surface area (Å²) >= 11 is 6.14. The largest absolute Gasteiger partial charge is 0.379 e. The van der Waals surface area contributed by atoms with Crippen LogP contribution in [-0.4, -0.2) is 35.1 Å². The smallest absolute Gasteiger partial charge is 0.0820 e. The molecule has 1 N–H and O–H groups in total. The molecule has 92 valence electrons. The van der Waals surface area contributed by atoms with Gasteiger partial charge in [-0.05, 0) is 31.9 Å². The number of hydrogen-bond acceptors (Lipinski definition) is 3. The first kappa shape index (κ1) is 11.3. The van der Waals surface area contributed by atoms with Crippen LogP contribution in [0.3, 0.4) is 0 Å². The molecule has 3 nitrogen and oxygen atoms in total. The first-order chi connectivity index (χ1) is 8.34. The van der Waals surface area contributed by atoms with Crippen LogP contribution in [0, 0.1) is 0 Å². The first-order valence-electron chi connectivity index (χ1n) is 6.45. The van der Waals surface area contributed by atoms with Crippen LogP contribution in [0.1, 0.15) is 25.7 Å². The molecule has 0 aromatic carbocycles. The minimum atomic E-state index is 0.551. The van der Waals surface area contributed by atoms with E-state index in [1.807, 2.05) is 6.07 Å². The van der Waals surface area contributed by atoms with Crippen LogP contribution in [0.2, 0.25) is 5.02 Å². The fraction of sp³-hybridized carbons (Fsp3) is 0.615. The Kier molecular flexibility index (Phi) is 3.21. The first-order valence-corrected chi connectivity index (χ1v) is 6.82. The molecule has 2 atom stereocenters. The minimum absolute atomic E-state index is 0.551. The Morgan fingerprint density at radius 1 is 1.29 bits per heavy atom. The summed E-state index contributed by atoms with van der Waals surface area (Å²) in [7, 11) is 0. The fourth-order valence-corrected chi connectivity index (χ4v) is 3.28. The van der Waals surface area contributed by atoms with E-state index >= 15 is 0 Å². The molecule has 0 radical (unpaired) electrons. The zero-order valence-electron chi connectivity index (χ0n) is 9.90. The highest BCUT2D eigenvalue weighted by Crippen LogP contribution is 2.30. The van der Waals surface area contributed by atoms with Crippen LogP contribution in [-0.2, 0) is 0 Å². The highest BCUT2D eigenvalue weighted by atomic mass is 35.5. The molecule has 2 fully saturated rings. The lowest BCUT2D eigenvalue weighted by molar-refractivity contribution is 0.193. The maximum absolute atomic E-state index is 6.14. The fourth-order valence-electron chi connectivity index (χ4n) is 3.11. The SMILES string of the molecule is Clc1cnccc1NC1CCN2CCCCC12. The number of fused-ring (bicyclic) bond motifs is 1. The lowest BCUT2D eigenvalue weighted by Crippen LogP contribution is -2.41. The van der Waals surface area contributed by atoms with Crippen LogP contribution in [0.15, 0.2) is 18.5 Å². The average molecular weight is 252 g/mol. The molecule has 0 amide bonds. The van der Waals surface area contributed by atoms with Gasteiger partial charge in [-0.25, -0.2) is 0 Å². The van der Waals surface area contributed by atoms with Gasteiger partial charge in [-0.3, -0.25) is 9.88 Å². The van der Waals surface area contributed by atoms with Crippen LogP contribution in [0.4, 0.5) is 5.69 Å². The van der Waals surface area contributed by atoms with Gasteiger partial charge < -0.3 is 5.32 Å². The van der Waals surface area contributed by atoms with Crippen molar-refractivity contribution in [2.24, 2.45) is 0 Å². The van der Waals surface area contributed by atoms with Gasteiger partial charge in [0.05, 0.1) is 10.7 Å². The Labute approximate surface area is 107 Å². The molecule has 3 rings (SSSR count). The van der Waals surface area contributed by atoms with Crippen molar-refractivity contribution < 1.29 is 0 Å². The van der Waals surface area contributed by atoms with Gasteiger partial charge in [-0.15, -0.1) is 0 Å². The van der Waals surface area contributed by atoms with E-state index in [9.17, 15) is 0 Å². The van der Waals surface area contributed by atoms with E-state index < -0.39 is 0 Å². The lowest BCUT2D eigenvalue weighted by Gasteiger charge is -2.33. The Balaban J connectivity index is 1.71. The summed E-state index contributed by atoms with van der Waals surface area (Å²) in [5.41, 5.74) is 1.03. The predicted molar refractivity (Wildman–Crippen MR) is 70.5 cm³/mol. The van der Waals surface area contributed by atoms with Crippen LogP contribution >= 0.6 is 11.6 Å². The van der Waals surface area contributed by atoms with Gasteiger partial charge in [0.25, 0.3) is 0 Å². The van der Waals surface area contributed by atoms with E-state index in [1.54, 1.807) is 12.4 Å². The van der Waals surface area contributed by atoms with E-state index in [2.05, 4.69) is 15.2 Å². The van der Waals surface area contributed by atoms with Crippen molar-refractivity contribution in [1.82, 2.24) is 9.88 Å². The van der Waals surface area contributed by atoms with Crippen molar-refractivity contribution in [3.05, 3.63) is 23.5 Å². The third-order valence-electron chi connectivity index (χ3n) is 3.97. The molecule has 0 spiro atoms. The monoisotopic (exact) mass is 251 g/mol. The van der Waals surface area contributed by atoms with Gasteiger partial charge in [0.15, 0.2) is 0 Å². The van der Waals surface area contributed by atoms with E-state index in [1.165, 1.54) is 38.8 Å². The summed E-state index contributed by atoms with van der Waals surface area (Å²) in [6.07, 6.45) is 8.77. The van der Waals surface area contributed by atoms with Crippen molar-refractivity contribution in [3.8, 4) is 0 Å². The van der Waals surface area contributed by atoms with Gasteiger partial charge in [-0.1, -0.05) is 18.0 Å². The van der Waals surface area contributed by atoms with Crippen LogP contribution in [0.5, 0.6) is 0 Å². The molecule has 0 aliphatic carbocycles. The highest BCUT2D eigenvalue weighted by Gasteiger charge is 2.35. The van der Waals surface area contributed by atoms with Crippen molar-refractivity contribution in [2.45, 2.75) is 37.8 Å². The van der Waals surface area contributed by atoms with E-state index in [0.29, 0.717) is 12.1 Å². The second-order valence-corrected chi connectivity index (χ2v) is 5.40. The van der Waals surface area contributed by atoms with E-state index in [-0.39, 0.29) is 0 Å². The van der Waals surface area contributed by atoms with Gasteiger partial charge in [-0.2, -0.15) is 0 Å². The number of aromatic nitrogens is 1. The Bertz CT molecular complexity index is 396. The molecule has 17 heavy (non-hydrogen) atoms. The zero-order chi connectivity index (χ0) is 11.7. The lowest BCUT2D eigenvalue weighted by atomic mass is 9.99. The molecule has 4 heteroatoms. The zero-order valence-corrected chi connectivity index (χ0v) is 10.7. The number of halogens is 1. The maximum atomic E-state index is 6.14. The summed E-state index contributed by atoms with van der Waals surface area (Å²) in [6, 6.07) is 3.22. The van der Waals surface area contributed by atoms with Gasteiger partial charge >= 0.3 is 0 Å². The molecular weight excluding hydrogens is 234 g/mol. The molecule has 2 unspecified atom stereocenters. The van der Waals surface area contributed by atoms with Gasteiger partial charge in [0.2, 0.25) is 0 Å². The molecule has 1 aromatic heterocycles. The normalized spacial score (nSPS) is 29.0. The summed E-state index contributed by atoms with van der Waals surface area (Å²) in [5.74, 6) is 0. The topological polar surface area (TPSA) is 28.2 Å². The summed E-state index contributed by atoms with van der Waals surface area (Å²) in [5, 5.41) is 4.32. The van der Waals surface area contributed by atoms with Crippen molar-refractivity contribution in [2.75, 3.05) is 18.4 Å². The molecule has 2 aliphatic rings. The summed E-state index contributed by atoms with van der Waals surface area (Å²) < 4.78 is 0. The Morgan fingerprint density at radius 2 is 2.24 bits per heavy atom. The van der Waals surface area contributed by atoms with Crippen molar-refractivity contribution in [3.63, 3.8) is 0 Å². The Hall–Kier alpha value is -0.800. The highest BCUT2D eigenvalue weighted by molar-refractivity contribution is 6.33. The number of anilines is 1. The van der Waals surface area contributed by atoms with Crippen molar-refractivity contribution >= 4 is 17.3 Å². The number of nitrogens with zero attached hydrogens (tertiary/aromatic N) is 2. The number of piperidine rings is 1. The minimum Gasteiger partial charge on any atom is -0.379 e. The average Bonchev–Trinajstić information content (AvgIpc) is 2.76. The molecule has 2 aliphatic heterocycles. The number of pyridine rings is 1. The number of rotatable bonds is 2. The van der Waals surface area contributed by atoms with Gasteiger partial charge in [0.1, 0.15) is 0 Å². The van der Waals surface area contributed by atoms with Crippen molar-refractivity contribution in [1.29, 1.82) is 0 Å². The number of nitrogens with one attached hydrogen (secondary N) is 1. The molecule has 0 saturated carbocycles. The standard InChI is InChI=1S/C13H18ClN3/c14-10-9-15-6-4-11(10)16-12-5-8-17-7-2-1-3-13(12)17/h4,6,9,12-13H,1-3,5,7-8H2,(H,15,16). The quantitative estimate of drug-likeness (QED) is 0.876. The Morgan fingerprint density at radius 3 is 3.12 bits per heavy atom. The van der Waals surface area contributed by atoms with Gasteiger partial charge in [0, 0.05) is 31.0 Å². The maximum Gasteiger partial charge on any atom is 0.0820 e. The molecule has 3 heterocycles. The summed E-state index contributed by atoms with van der Waals surface area (Å²) in [6.45, 7) is 2.50. The summed E-state index contributed by atoms with van der Waals surface area (Å²) in [4.78, 5) is 6.64. The number of hydrogen-bond donors (Lipinski definition) is 1. The molecule has 1 aromatic rings. The molecule has 2 saturated heterocycles. The van der Waals surface area contributed by atoms with E-state index in [4.69, 9.17) is 11.6 Å². The van der Waals surface area contributed by atoms with E-state index in [0.717, 1.165) is 10.7 Å². The van der Waals surface area contributed by atoms with Crippen LogP contribution in [0.25, 0.3) is 0 Å². The molecule has 0 bridgehead atoms. The second-order valence-electron chi connectivity index (χ2n) is 4.99. The second kappa shape index (κ2) is 4.83. The molecular formula is C13H18ClN3.